The van der Waals surface area contributed by atoms with Gasteiger partial charge in [-0.1, -0.05) is 17.7 Å². The molecule has 0 saturated carbocycles. The van der Waals surface area contributed by atoms with E-state index in [-0.39, 0.29) is 0 Å². The summed E-state index contributed by atoms with van der Waals surface area (Å²) >= 11 is 6.41. The first kappa shape index (κ1) is 15.6. The van der Waals surface area contributed by atoms with E-state index in [0.29, 0.717) is 6.04 Å². The van der Waals surface area contributed by atoms with Crippen molar-refractivity contribution in [1.82, 2.24) is 5.32 Å². The molecule has 112 valence electrons. The molecule has 0 aliphatic carbocycles. The third kappa shape index (κ3) is 4.09. The number of halogens is 1. The number of hydrogen-bond donors (Lipinski definition) is 1. The van der Waals surface area contributed by atoms with Crippen molar-refractivity contribution in [1.29, 1.82) is 0 Å². The van der Waals surface area contributed by atoms with Crippen LogP contribution in [0.25, 0.3) is 0 Å². The fourth-order valence-corrected chi connectivity index (χ4v) is 2.71. The van der Waals surface area contributed by atoms with E-state index < -0.39 is 0 Å². The Bertz CT molecular complexity index is 422. The molecular weight excluding hydrogens is 276 g/mol. The van der Waals surface area contributed by atoms with E-state index in [9.17, 15) is 0 Å². The molecular formula is C15H23ClN2O2. The van der Waals surface area contributed by atoms with E-state index in [0.717, 1.165) is 50.0 Å². The molecule has 0 radical (unpaired) electrons. The van der Waals surface area contributed by atoms with Crippen molar-refractivity contribution in [3.05, 3.63) is 28.8 Å². The smallest absolute Gasteiger partial charge is 0.0670 e. The van der Waals surface area contributed by atoms with Crippen LogP contribution < -0.4 is 10.2 Å². The van der Waals surface area contributed by atoms with Gasteiger partial charge in [0.05, 0.1) is 30.0 Å². The molecule has 1 heterocycles. The molecule has 5 heteroatoms. The van der Waals surface area contributed by atoms with Crippen molar-refractivity contribution in [2.45, 2.75) is 19.0 Å². The maximum Gasteiger partial charge on any atom is 0.0670 e. The first-order valence-corrected chi connectivity index (χ1v) is 7.39. The number of rotatable bonds is 7. The lowest BCUT2D eigenvalue weighted by Gasteiger charge is -2.26. The molecule has 0 spiro atoms. The summed E-state index contributed by atoms with van der Waals surface area (Å²) in [7, 11) is 3.78. The summed E-state index contributed by atoms with van der Waals surface area (Å²) in [6.07, 6.45) is 1.06. The number of ether oxygens (including phenoxy) is 2. The van der Waals surface area contributed by atoms with Gasteiger partial charge in [0.1, 0.15) is 0 Å². The van der Waals surface area contributed by atoms with Crippen molar-refractivity contribution < 1.29 is 9.47 Å². The van der Waals surface area contributed by atoms with Crippen LogP contribution in [-0.4, -0.2) is 46.6 Å². The quantitative estimate of drug-likeness (QED) is 0.783. The Morgan fingerprint density at radius 2 is 2.35 bits per heavy atom. The summed E-state index contributed by atoms with van der Waals surface area (Å²) in [4.78, 5) is 2.22. The molecule has 1 atom stereocenters. The number of likely N-dealkylation sites (N-methyl/N-ethyl adjacent to an activating group) is 1. The van der Waals surface area contributed by atoms with Crippen LogP contribution in [0.1, 0.15) is 12.0 Å². The highest BCUT2D eigenvalue weighted by molar-refractivity contribution is 6.33. The van der Waals surface area contributed by atoms with E-state index >= 15 is 0 Å². The first-order valence-electron chi connectivity index (χ1n) is 7.01. The molecule has 1 aliphatic rings. The SMILES string of the molecule is COCCNCc1ccc(N(C)C2CCOC2)c(Cl)c1. The molecule has 1 aromatic rings. The molecule has 0 bridgehead atoms. The van der Waals surface area contributed by atoms with Gasteiger partial charge in [-0.2, -0.15) is 0 Å². The fourth-order valence-electron chi connectivity index (χ4n) is 2.38. The summed E-state index contributed by atoms with van der Waals surface area (Å²) in [5, 5.41) is 4.11. The highest BCUT2D eigenvalue weighted by Gasteiger charge is 2.21. The maximum atomic E-state index is 6.41. The van der Waals surface area contributed by atoms with E-state index in [1.807, 2.05) is 6.07 Å². The van der Waals surface area contributed by atoms with Crippen molar-refractivity contribution in [2.24, 2.45) is 0 Å². The van der Waals surface area contributed by atoms with Gasteiger partial charge in [0.25, 0.3) is 0 Å². The lowest BCUT2D eigenvalue weighted by molar-refractivity contribution is 0.193. The second-order valence-electron chi connectivity index (χ2n) is 5.08. The summed E-state index contributed by atoms with van der Waals surface area (Å²) in [5.74, 6) is 0. The third-order valence-corrected chi connectivity index (χ3v) is 3.96. The maximum absolute atomic E-state index is 6.41. The molecule has 2 rings (SSSR count). The zero-order chi connectivity index (χ0) is 14.4. The molecule has 20 heavy (non-hydrogen) atoms. The molecule has 1 saturated heterocycles. The molecule has 4 nitrogen and oxygen atoms in total. The van der Waals surface area contributed by atoms with Gasteiger partial charge in [-0.05, 0) is 24.1 Å². The highest BCUT2D eigenvalue weighted by atomic mass is 35.5. The predicted octanol–water partition coefficient (Wildman–Crippen LogP) is 2.30. The summed E-state index contributed by atoms with van der Waals surface area (Å²) in [5.41, 5.74) is 2.26. The predicted molar refractivity (Wildman–Crippen MR) is 82.7 cm³/mol. The zero-order valence-corrected chi connectivity index (χ0v) is 12.9. The van der Waals surface area contributed by atoms with Gasteiger partial charge in [0.2, 0.25) is 0 Å². The lowest BCUT2D eigenvalue weighted by Crippen LogP contribution is -2.32. The minimum atomic E-state index is 0.429. The number of anilines is 1. The minimum Gasteiger partial charge on any atom is -0.383 e. The Morgan fingerprint density at radius 1 is 1.50 bits per heavy atom. The van der Waals surface area contributed by atoms with Crippen LogP contribution >= 0.6 is 11.6 Å². The van der Waals surface area contributed by atoms with E-state index in [1.54, 1.807) is 7.11 Å². The molecule has 1 unspecified atom stereocenters. The van der Waals surface area contributed by atoms with Gasteiger partial charge < -0.3 is 19.7 Å². The van der Waals surface area contributed by atoms with Gasteiger partial charge in [0.15, 0.2) is 0 Å². The van der Waals surface area contributed by atoms with Crippen LogP contribution in [0.2, 0.25) is 5.02 Å². The normalized spacial score (nSPS) is 18.4. The Kier molecular flexibility index (Phi) is 6.10. The average molecular weight is 299 g/mol. The standard InChI is InChI=1S/C15H23ClN2O2/c1-18(13-5-7-20-11-13)15-4-3-12(9-14(15)16)10-17-6-8-19-2/h3-4,9,13,17H,5-8,10-11H2,1-2H3. The van der Waals surface area contributed by atoms with Crippen molar-refractivity contribution in [2.75, 3.05) is 45.4 Å². The Labute approximate surface area is 126 Å². The van der Waals surface area contributed by atoms with Gasteiger partial charge in [-0.3, -0.25) is 0 Å². The summed E-state index contributed by atoms with van der Waals surface area (Å²) in [6, 6.07) is 6.67. The Balaban J connectivity index is 1.94. The topological polar surface area (TPSA) is 33.7 Å². The van der Waals surface area contributed by atoms with E-state index in [2.05, 4.69) is 29.4 Å². The van der Waals surface area contributed by atoms with Crippen molar-refractivity contribution >= 4 is 17.3 Å². The van der Waals surface area contributed by atoms with Gasteiger partial charge in [-0.15, -0.1) is 0 Å². The van der Waals surface area contributed by atoms with Crippen LogP contribution in [0, 0.1) is 0 Å². The van der Waals surface area contributed by atoms with Crippen molar-refractivity contribution in [3.8, 4) is 0 Å². The fraction of sp³-hybridized carbons (Fsp3) is 0.600. The summed E-state index contributed by atoms with van der Waals surface area (Å²) < 4.78 is 10.4. The highest BCUT2D eigenvalue weighted by Crippen LogP contribution is 2.29. The number of methoxy groups -OCH3 is 1. The molecule has 1 N–H and O–H groups in total. The third-order valence-electron chi connectivity index (χ3n) is 3.66. The molecule has 1 aliphatic heterocycles. The second-order valence-corrected chi connectivity index (χ2v) is 5.49. The van der Waals surface area contributed by atoms with Gasteiger partial charge in [0, 0.05) is 33.9 Å². The Morgan fingerprint density at radius 3 is 3.00 bits per heavy atom. The number of hydrogen-bond acceptors (Lipinski definition) is 4. The lowest BCUT2D eigenvalue weighted by atomic mass is 10.1. The van der Waals surface area contributed by atoms with Crippen LogP contribution in [0.15, 0.2) is 18.2 Å². The summed E-state index contributed by atoms with van der Waals surface area (Å²) in [6.45, 7) is 3.99. The van der Waals surface area contributed by atoms with E-state index in [1.165, 1.54) is 5.56 Å². The van der Waals surface area contributed by atoms with Crippen LogP contribution in [0.3, 0.4) is 0 Å². The monoisotopic (exact) mass is 298 g/mol. The number of benzene rings is 1. The number of nitrogens with one attached hydrogen (secondary N) is 1. The minimum absolute atomic E-state index is 0.429. The Hall–Kier alpha value is -0.810. The van der Waals surface area contributed by atoms with Gasteiger partial charge >= 0.3 is 0 Å². The van der Waals surface area contributed by atoms with Crippen LogP contribution in [0.5, 0.6) is 0 Å². The van der Waals surface area contributed by atoms with Crippen LogP contribution in [0.4, 0.5) is 5.69 Å². The average Bonchev–Trinajstić information content (AvgIpc) is 2.97. The molecule has 1 aromatic carbocycles. The first-order chi connectivity index (χ1) is 9.72. The van der Waals surface area contributed by atoms with E-state index in [4.69, 9.17) is 21.1 Å². The molecule has 0 amide bonds. The van der Waals surface area contributed by atoms with Gasteiger partial charge in [-0.25, -0.2) is 0 Å². The zero-order valence-electron chi connectivity index (χ0n) is 12.2. The molecule has 1 fully saturated rings. The van der Waals surface area contributed by atoms with Crippen molar-refractivity contribution in [3.63, 3.8) is 0 Å². The molecule has 0 aromatic heterocycles. The second kappa shape index (κ2) is 7.84. The van der Waals surface area contributed by atoms with Crippen LogP contribution in [-0.2, 0) is 16.0 Å². The number of nitrogens with zero attached hydrogens (tertiary/aromatic N) is 1. The largest absolute Gasteiger partial charge is 0.383 e.